The summed E-state index contributed by atoms with van der Waals surface area (Å²) in [4.78, 5) is 0. The highest BCUT2D eigenvalue weighted by Gasteiger charge is 2.03. The summed E-state index contributed by atoms with van der Waals surface area (Å²) in [5.41, 5.74) is 5.60. The molecule has 15 heavy (non-hydrogen) atoms. The predicted molar refractivity (Wildman–Crippen MR) is 67.5 cm³/mol. The Labute approximate surface area is 91.9 Å². The molecule has 0 N–H and O–H groups in total. The van der Waals surface area contributed by atoms with Crippen LogP contribution in [0.15, 0.2) is 24.3 Å². The minimum atomic E-state index is 1.11. The zero-order chi connectivity index (χ0) is 11.0. The van der Waals surface area contributed by atoms with E-state index in [-0.39, 0.29) is 0 Å². The Hall–Kier alpha value is -1.30. The van der Waals surface area contributed by atoms with E-state index in [0.717, 1.165) is 6.42 Å². The molecule has 0 aliphatic heterocycles. The Morgan fingerprint density at radius 2 is 1.53 bits per heavy atom. The first-order valence-corrected chi connectivity index (χ1v) is 5.62. The Balaban J connectivity index is 2.84. The largest absolute Gasteiger partial charge is 0.0613 e. The lowest BCUT2D eigenvalue weighted by molar-refractivity contribution is 1.15. The molecule has 0 aliphatic carbocycles. The van der Waals surface area contributed by atoms with Gasteiger partial charge in [-0.3, -0.25) is 0 Å². The summed E-state index contributed by atoms with van der Waals surface area (Å²) < 4.78 is 0. The van der Waals surface area contributed by atoms with Crippen molar-refractivity contribution >= 4 is 10.8 Å². The molecule has 0 fully saturated rings. The third-order valence-corrected chi connectivity index (χ3v) is 3.18. The number of hydrogen-bond acceptors (Lipinski definition) is 0. The molecule has 0 aromatic heterocycles. The minimum absolute atomic E-state index is 1.11. The normalized spacial score (nSPS) is 10.9. The van der Waals surface area contributed by atoms with Crippen LogP contribution in [0.25, 0.3) is 10.8 Å². The second-order valence-electron chi connectivity index (χ2n) is 4.44. The quantitative estimate of drug-likeness (QED) is 0.640. The molecule has 0 bridgehead atoms. The lowest BCUT2D eigenvalue weighted by Gasteiger charge is -2.09. The van der Waals surface area contributed by atoms with Crippen molar-refractivity contribution in [2.75, 3.05) is 0 Å². The SMILES string of the molecule is CCc1cc(C)cc2cc(C)c(C)cc12. The van der Waals surface area contributed by atoms with Gasteiger partial charge in [0.25, 0.3) is 0 Å². The van der Waals surface area contributed by atoms with Gasteiger partial charge in [-0.25, -0.2) is 0 Å². The third kappa shape index (κ3) is 1.77. The van der Waals surface area contributed by atoms with Gasteiger partial charge < -0.3 is 0 Å². The van der Waals surface area contributed by atoms with Crippen molar-refractivity contribution in [1.82, 2.24) is 0 Å². The molecule has 0 heterocycles. The van der Waals surface area contributed by atoms with Gasteiger partial charge in [-0.15, -0.1) is 0 Å². The Bertz CT molecular complexity index is 507. The van der Waals surface area contributed by atoms with Crippen LogP contribution in [0.4, 0.5) is 0 Å². The van der Waals surface area contributed by atoms with Crippen molar-refractivity contribution in [3.05, 3.63) is 46.5 Å². The first-order chi connectivity index (χ1) is 7.11. The average Bonchev–Trinajstić information content (AvgIpc) is 2.19. The van der Waals surface area contributed by atoms with Gasteiger partial charge in [-0.05, 0) is 54.7 Å². The summed E-state index contributed by atoms with van der Waals surface area (Å²) in [7, 11) is 0. The highest BCUT2D eigenvalue weighted by Crippen LogP contribution is 2.24. The first-order valence-electron chi connectivity index (χ1n) is 5.62. The maximum absolute atomic E-state index is 2.32. The molecule has 0 saturated carbocycles. The van der Waals surface area contributed by atoms with E-state index in [1.807, 2.05) is 0 Å². The van der Waals surface area contributed by atoms with Crippen molar-refractivity contribution in [3.63, 3.8) is 0 Å². The smallest absolute Gasteiger partial charge is 0.0149 e. The molecule has 2 aromatic carbocycles. The van der Waals surface area contributed by atoms with E-state index in [1.165, 1.54) is 33.0 Å². The van der Waals surface area contributed by atoms with Gasteiger partial charge in [0.15, 0.2) is 0 Å². The van der Waals surface area contributed by atoms with Crippen LogP contribution in [-0.4, -0.2) is 0 Å². The summed E-state index contributed by atoms with van der Waals surface area (Å²) in [6.07, 6.45) is 1.11. The van der Waals surface area contributed by atoms with Crippen LogP contribution >= 0.6 is 0 Å². The predicted octanol–water partition coefficient (Wildman–Crippen LogP) is 4.33. The van der Waals surface area contributed by atoms with Crippen LogP contribution in [-0.2, 0) is 6.42 Å². The number of aryl methyl sites for hydroxylation is 4. The van der Waals surface area contributed by atoms with Crippen LogP contribution in [0.2, 0.25) is 0 Å². The van der Waals surface area contributed by atoms with Crippen molar-refractivity contribution in [2.45, 2.75) is 34.1 Å². The molecule has 0 heteroatoms. The van der Waals surface area contributed by atoms with Gasteiger partial charge in [0.05, 0.1) is 0 Å². The maximum Gasteiger partial charge on any atom is -0.0149 e. The summed E-state index contributed by atoms with van der Waals surface area (Å²) in [6, 6.07) is 9.21. The molecule has 0 radical (unpaired) electrons. The first kappa shape index (κ1) is 10.2. The number of fused-ring (bicyclic) bond motifs is 1. The van der Waals surface area contributed by atoms with E-state index in [0.29, 0.717) is 0 Å². The zero-order valence-corrected chi connectivity index (χ0v) is 10.0. The molecule has 0 amide bonds. The number of rotatable bonds is 1. The highest BCUT2D eigenvalue weighted by molar-refractivity contribution is 5.87. The molecule has 0 spiro atoms. The fourth-order valence-electron chi connectivity index (χ4n) is 2.17. The molecular formula is C15H18. The number of benzene rings is 2. The second kappa shape index (κ2) is 3.69. The van der Waals surface area contributed by atoms with Gasteiger partial charge in [-0.1, -0.05) is 36.8 Å². The van der Waals surface area contributed by atoms with Gasteiger partial charge in [-0.2, -0.15) is 0 Å². The summed E-state index contributed by atoms with van der Waals surface area (Å²) >= 11 is 0. The molecule has 0 saturated heterocycles. The van der Waals surface area contributed by atoms with Crippen molar-refractivity contribution in [3.8, 4) is 0 Å². The third-order valence-electron chi connectivity index (χ3n) is 3.18. The van der Waals surface area contributed by atoms with Gasteiger partial charge >= 0.3 is 0 Å². The van der Waals surface area contributed by atoms with Gasteiger partial charge in [0, 0.05) is 0 Å². The molecule has 0 aliphatic rings. The molecule has 0 nitrogen and oxygen atoms in total. The Morgan fingerprint density at radius 1 is 0.867 bits per heavy atom. The second-order valence-corrected chi connectivity index (χ2v) is 4.44. The molecule has 0 unspecified atom stereocenters. The van der Waals surface area contributed by atoms with Crippen molar-refractivity contribution in [1.29, 1.82) is 0 Å². The van der Waals surface area contributed by atoms with Gasteiger partial charge in [0.1, 0.15) is 0 Å². The molecule has 0 atom stereocenters. The van der Waals surface area contributed by atoms with E-state index in [1.54, 1.807) is 0 Å². The van der Waals surface area contributed by atoms with E-state index < -0.39 is 0 Å². The summed E-state index contributed by atoms with van der Waals surface area (Å²) in [5, 5.41) is 2.81. The zero-order valence-electron chi connectivity index (χ0n) is 10.0. The summed E-state index contributed by atoms with van der Waals surface area (Å²) in [6.45, 7) is 8.77. The van der Waals surface area contributed by atoms with E-state index in [2.05, 4.69) is 52.0 Å². The highest BCUT2D eigenvalue weighted by atomic mass is 14.1. The van der Waals surface area contributed by atoms with Crippen LogP contribution in [0.3, 0.4) is 0 Å². The Kier molecular flexibility index (Phi) is 2.52. The fourth-order valence-corrected chi connectivity index (χ4v) is 2.17. The van der Waals surface area contributed by atoms with Crippen LogP contribution in [0.5, 0.6) is 0 Å². The molecular weight excluding hydrogens is 180 g/mol. The molecule has 2 rings (SSSR count). The van der Waals surface area contributed by atoms with Crippen LogP contribution in [0, 0.1) is 20.8 Å². The van der Waals surface area contributed by atoms with Crippen LogP contribution < -0.4 is 0 Å². The topological polar surface area (TPSA) is 0 Å². The fraction of sp³-hybridized carbons (Fsp3) is 0.333. The van der Waals surface area contributed by atoms with E-state index in [4.69, 9.17) is 0 Å². The Morgan fingerprint density at radius 3 is 2.20 bits per heavy atom. The van der Waals surface area contributed by atoms with Crippen molar-refractivity contribution in [2.24, 2.45) is 0 Å². The lowest BCUT2D eigenvalue weighted by atomic mass is 9.96. The molecule has 78 valence electrons. The lowest BCUT2D eigenvalue weighted by Crippen LogP contribution is -1.89. The standard InChI is InChI=1S/C15H18/c1-5-13-6-10(2)7-14-8-11(3)12(4)9-15(13)14/h6-9H,5H2,1-4H3. The van der Waals surface area contributed by atoms with Crippen molar-refractivity contribution < 1.29 is 0 Å². The molecule has 2 aromatic rings. The van der Waals surface area contributed by atoms with E-state index >= 15 is 0 Å². The van der Waals surface area contributed by atoms with Crippen LogP contribution in [0.1, 0.15) is 29.2 Å². The monoisotopic (exact) mass is 198 g/mol. The number of hydrogen-bond donors (Lipinski definition) is 0. The maximum atomic E-state index is 2.32. The minimum Gasteiger partial charge on any atom is -0.0613 e. The van der Waals surface area contributed by atoms with E-state index in [9.17, 15) is 0 Å². The average molecular weight is 198 g/mol. The summed E-state index contributed by atoms with van der Waals surface area (Å²) in [5.74, 6) is 0. The van der Waals surface area contributed by atoms with Gasteiger partial charge in [0.2, 0.25) is 0 Å².